The number of hydrogen-bond donors (Lipinski definition) is 0. The van der Waals surface area contributed by atoms with E-state index in [1.54, 1.807) is 0 Å². The van der Waals surface area contributed by atoms with Crippen molar-refractivity contribution in [2.24, 2.45) is 0 Å². The van der Waals surface area contributed by atoms with E-state index in [1.165, 1.54) is 0 Å². The lowest BCUT2D eigenvalue weighted by Gasteiger charge is -1.96. The van der Waals surface area contributed by atoms with Crippen LogP contribution >= 0.6 is 15.9 Å². The smallest absolute Gasteiger partial charge is 0.264 e. The second-order valence-corrected chi connectivity index (χ2v) is 3.64. The molecule has 2 rings (SSSR count). The zero-order valence-corrected chi connectivity index (χ0v) is 9.41. The number of benzene rings is 1. The van der Waals surface area contributed by atoms with Crippen LogP contribution in [0, 0.1) is 0 Å². The van der Waals surface area contributed by atoms with Crippen molar-refractivity contribution in [2.45, 2.75) is 13.3 Å². The average molecular weight is 252 g/mol. The molecule has 0 atom stereocenters. The molecule has 72 valence electrons. The second-order valence-electron chi connectivity index (χ2n) is 2.96. The van der Waals surface area contributed by atoms with E-state index in [1.807, 2.05) is 30.3 Å². The van der Waals surface area contributed by atoms with Gasteiger partial charge in [0.2, 0.25) is 0 Å². The Morgan fingerprint density at radius 3 is 2.64 bits per heavy atom. The molecule has 1 aromatic heterocycles. The van der Waals surface area contributed by atoms with E-state index in [9.17, 15) is 0 Å². The van der Waals surface area contributed by atoms with Crippen molar-refractivity contribution in [2.75, 3.05) is 0 Å². The molecule has 1 aromatic carbocycles. The third-order valence-electron chi connectivity index (χ3n) is 2.04. The van der Waals surface area contributed by atoms with Crippen molar-refractivity contribution >= 4 is 15.9 Å². The standard InChI is InChI=1S/C11H10BrNO/c1-2-9-10(13-11(12)14-9)8-6-4-3-5-7-8/h3-7H,2H2,1H3. The Hall–Kier alpha value is -1.09. The first kappa shape index (κ1) is 9.46. The number of aromatic nitrogens is 1. The summed E-state index contributed by atoms with van der Waals surface area (Å²) in [6, 6.07) is 10.0. The van der Waals surface area contributed by atoms with Crippen molar-refractivity contribution in [3.63, 3.8) is 0 Å². The van der Waals surface area contributed by atoms with Gasteiger partial charge in [0.05, 0.1) is 0 Å². The predicted octanol–water partition coefficient (Wildman–Crippen LogP) is 3.67. The largest absolute Gasteiger partial charge is 0.436 e. The Labute approximate surface area is 91.1 Å². The maximum Gasteiger partial charge on any atom is 0.264 e. The molecule has 2 nitrogen and oxygen atoms in total. The Balaban J connectivity index is 2.51. The van der Waals surface area contributed by atoms with E-state index in [4.69, 9.17) is 4.42 Å². The average Bonchev–Trinajstić information content (AvgIpc) is 2.61. The highest BCUT2D eigenvalue weighted by atomic mass is 79.9. The molecule has 0 aliphatic heterocycles. The van der Waals surface area contributed by atoms with Crippen LogP contribution in [0.25, 0.3) is 11.3 Å². The van der Waals surface area contributed by atoms with Crippen molar-refractivity contribution < 1.29 is 4.42 Å². The molecule has 2 aromatic rings. The van der Waals surface area contributed by atoms with Crippen LogP contribution < -0.4 is 0 Å². The molecule has 3 heteroatoms. The minimum atomic E-state index is 0.549. The van der Waals surface area contributed by atoms with E-state index in [0.717, 1.165) is 23.4 Å². The number of oxazole rings is 1. The molecular weight excluding hydrogens is 242 g/mol. The number of nitrogens with zero attached hydrogens (tertiary/aromatic N) is 1. The summed E-state index contributed by atoms with van der Waals surface area (Å²) in [4.78, 5) is 4.85. The van der Waals surface area contributed by atoms with E-state index in [2.05, 4.69) is 27.8 Å². The molecule has 1 heterocycles. The predicted molar refractivity (Wildman–Crippen MR) is 59.0 cm³/mol. The molecule has 0 bridgehead atoms. The first-order valence-electron chi connectivity index (χ1n) is 4.52. The highest BCUT2D eigenvalue weighted by molar-refractivity contribution is 9.10. The van der Waals surface area contributed by atoms with Gasteiger partial charge in [0.1, 0.15) is 11.5 Å². The SMILES string of the molecule is CCc1oc(Br)nc1-c1ccccc1. The van der Waals surface area contributed by atoms with Crippen molar-refractivity contribution in [3.05, 3.63) is 40.9 Å². The minimum Gasteiger partial charge on any atom is -0.436 e. The first-order chi connectivity index (χ1) is 6.81. The minimum absolute atomic E-state index is 0.549. The Kier molecular flexibility index (Phi) is 2.68. The number of hydrogen-bond acceptors (Lipinski definition) is 2. The van der Waals surface area contributed by atoms with Crippen molar-refractivity contribution in [3.8, 4) is 11.3 Å². The first-order valence-corrected chi connectivity index (χ1v) is 5.31. The van der Waals surface area contributed by atoms with Gasteiger partial charge in [-0.3, -0.25) is 0 Å². The third-order valence-corrected chi connectivity index (χ3v) is 2.38. The molecule has 14 heavy (non-hydrogen) atoms. The van der Waals surface area contributed by atoms with Crippen LogP contribution in [-0.4, -0.2) is 4.98 Å². The summed E-state index contributed by atoms with van der Waals surface area (Å²) in [5.41, 5.74) is 2.03. The molecule has 0 radical (unpaired) electrons. The van der Waals surface area contributed by atoms with Crippen LogP contribution in [0.5, 0.6) is 0 Å². The second kappa shape index (κ2) is 3.96. The fraction of sp³-hybridized carbons (Fsp3) is 0.182. The van der Waals surface area contributed by atoms with Gasteiger partial charge in [-0.15, -0.1) is 0 Å². The molecule has 0 N–H and O–H groups in total. The van der Waals surface area contributed by atoms with Gasteiger partial charge in [-0.25, -0.2) is 4.98 Å². The van der Waals surface area contributed by atoms with E-state index < -0.39 is 0 Å². The topological polar surface area (TPSA) is 26.0 Å². The molecule has 0 aliphatic carbocycles. The van der Waals surface area contributed by atoms with Crippen LogP contribution in [0.3, 0.4) is 0 Å². The zero-order chi connectivity index (χ0) is 9.97. The van der Waals surface area contributed by atoms with Gasteiger partial charge < -0.3 is 4.42 Å². The van der Waals surface area contributed by atoms with Gasteiger partial charge in [-0.1, -0.05) is 37.3 Å². The maximum absolute atomic E-state index is 5.42. The summed E-state index contributed by atoms with van der Waals surface area (Å²) < 4.78 is 5.42. The van der Waals surface area contributed by atoms with E-state index in [-0.39, 0.29) is 0 Å². The highest BCUT2D eigenvalue weighted by Crippen LogP contribution is 2.26. The van der Waals surface area contributed by atoms with Gasteiger partial charge in [0, 0.05) is 27.9 Å². The fourth-order valence-electron chi connectivity index (χ4n) is 1.38. The molecule has 0 fully saturated rings. The monoisotopic (exact) mass is 251 g/mol. The van der Waals surface area contributed by atoms with Gasteiger partial charge in [-0.05, 0) is 0 Å². The summed E-state index contributed by atoms with van der Waals surface area (Å²) in [5, 5.41) is 0. The Morgan fingerprint density at radius 2 is 2.00 bits per heavy atom. The zero-order valence-electron chi connectivity index (χ0n) is 7.83. The van der Waals surface area contributed by atoms with Crippen molar-refractivity contribution in [1.82, 2.24) is 4.98 Å². The third kappa shape index (κ3) is 1.73. The van der Waals surface area contributed by atoms with Crippen molar-refractivity contribution in [1.29, 1.82) is 0 Å². The number of halogens is 1. The van der Waals surface area contributed by atoms with Gasteiger partial charge in [-0.2, -0.15) is 0 Å². The van der Waals surface area contributed by atoms with Crippen LogP contribution in [0.15, 0.2) is 39.5 Å². The molecule has 0 saturated carbocycles. The maximum atomic E-state index is 5.42. The summed E-state index contributed by atoms with van der Waals surface area (Å²) >= 11 is 3.24. The number of aryl methyl sites for hydroxylation is 1. The molecule has 0 unspecified atom stereocenters. The quantitative estimate of drug-likeness (QED) is 0.815. The van der Waals surface area contributed by atoms with Gasteiger partial charge in [0.25, 0.3) is 4.80 Å². The summed E-state index contributed by atoms with van der Waals surface area (Å²) in [6.45, 7) is 2.05. The van der Waals surface area contributed by atoms with Gasteiger partial charge >= 0.3 is 0 Å². The van der Waals surface area contributed by atoms with Crippen LogP contribution in [0.2, 0.25) is 0 Å². The van der Waals surface area contributed by atoms with Crippen LogP contribution in [-0.2, 0) is 6.42 Å². The Bertz CT molecular complexity index is 422. The van der Waals surface area contributed by atoms with Crippen LogP contribution in [0.4, 0.5) is 0 Å². The normalized spacial score (nSPS) is 10.4. The lowest BCUT2D eigenvalue weighted by atomic mass is 10.1. The highest BCUT2D eigenvalue weighted by Gasteiger charge is 2.11. The summed E-state index contributed by atoms with van der Waals surface area (Å²) in [5.74, 6) is 0.920. The lowest BCUT2D eigenvalue weighted by Crippen LogP contribution is -1.82. The molecule has 0 spiro atoms. The molecule has 0 aliphatic rings. The molecule has 0 saturated heterocycles. The summed E-state index contributed by atoms with van der Waals surface area (Å²) in [6.07, 6.45) is 0.850. The molecular formula is C11H10BrNO. The van der Waals surface area contributed by atoms with Crippen LogP contribution in [0.1, 0.15) is 12.7 Å². The van der Waals surface area contributed by atoms with E-state index in [0.29, 0.717) is 4.80 Å². The van der Waals surface area contributed by atoms with E-state index >= 15 is 0 Å². The Morgan fingerprint density at radius 1 is 1.29 bits per heavy atom. The fourth-order valence-corrected chi connectivity index (χ4v) is 1.76. The van der Waals surface area contributed by atoms with Gasteiger partial charge in [0.15, 0.2) is 0 Å². The molecule has 0 amide bonds. The number of rotatable bonds is 2. The lowest BCUT2D eigenvalue weighted by molar-refractivity contribution is 0.486. The summed E-state index contributed by atoms with van der Waals surface area (Å²) in [7, 11) is 0.